The Kier molecular flexibility index (Phi) is 5.87. The van der Waals surface area contributed by atoms with Crippen LogP contribution in [-0.4, -0.2) is 35.4 Å². The maximum atomic E-state index is 13.3. The zero-order valence-electron chi connectivity index (χ0n) is 19.9. The number of aromatic nitrogens is 1. The Hall–Kier alpha value is -2.74. The Morgan fingerprint density at radius 3 is 2.54 bits per heavy atom. The first-order valence-electron chi connectivity index (χ1n) is 12.6. The summed E-state index contributed by atoms with van der Waals surface area (Å²) in [5.74, 6) is 3.69. The standard InChI is InChI=1S/C27H31N3O4S/c1-16(27-11-17-7-18(12-27)9-19(8-17)13-27)29-25(32)21-3-2-6-28-26(21)35-14-24(31)30-20-4-5-22-23(10-20)34-15-33-22/h2-6,10,16-19H,7-9,11-15H2,1H3,(H,29,32)(H,30,31). The van der Waals surface area contributed by atoms with Crippen molar-refractivity contribution in [2.45, 2.75) is 56.5 Å². The van der Waals surface area contributed by atoms with Crippen molar-refractivity contribution in [3.63, 3.8) is 0 Å². The molecule has 2 aromatic rings. The summed E-state index contributed by atoms with van der Waals surface area (Å²) in [6, 6.07) is 9.01. The minimum atomic E-state index is -0.173. The van der Waals surface area contributed by atoms with E-state index >= 15 is 0 Å². The van der Waals surface area contributed by atoms with E-state index in [0.717, 1.165) is 17.8 Å². The van der Waals surface area contributed by atoms with E-state index in [9.17, 15) is 9.59 Å². The third kappa shape index (κ3) is 4.48. The number of hydrogen-bond donors (Lipinski definition) is 2. The first kappa shape index (κ1) is 22.7. The van der Waals surface area contributed by atoms with Gasteiger partial charge in [0.15, 0.2) is 11.5 Å². The molecule has 7 nitrogen and oxygen atoms in total. The summed E-state index contributed by atoms with van der Waals surface area (Å²) in [6.07, 6.45) is 9.56. The van der Waals surface area contributed by atoms with Crippen LogP contribution in [0.5, 0.6) is 11.5 Å². The minimum absolute atomic E-state index is 0.0972. The molecule has 1 unspecified atom stereocenters. The van der Waals surface area contributed by atoms with Gasteiger partial charge in [0.25, 0.3) is 5.91 Å². The molecule has 4 fully saturated rings. The summed E-state index contributed by atoms with van der Waals surface area (Å²) >= 11 is 1.27. The summed E-state index contributed by atoms with van der Waals surface area (Å²) in [7, 11) is 0. The second-order valence-electron chi connectivity index (χ2n) is 10.7. The summed E-state index contributed by atoms with van der Waals surface area (Å²) in [5, 5.41) is 6.77. The number of nitrogens with zero attached hydrogens (tertiary/aromatic N) is 1. The number of carbonyl (C=O) groups excluding carboxylic acids is 2. The normalized spacial score (nSPS) is 28.5. The van der Waals surface area contributed by atoms with Crippen LogP contribution in [0.15, 0.2) is 41.6 Å². The van der Waals surface area contributed by atoms with Gasteiger partial charge < -0.3 is 20.1 Å². The molecule has 0 saturated heterocycles. The van der Waals surface area contributed by atoms with E-state index in [4.69, 9.17) is 9.47 Å². The number of rotatable bonds is 7. The zero-order valence-corrected chi connectivity index (χ0v) is 20.7. The number of anilines is 1. The number of benzene rings is 1. The molecule has 7 rings (SSSR count). The zero-order chi connectivity index (χ0) is 24.0. The van der Waals surface area contributed by atoms with E-state index in [1.165, 1.54) is 50.3 Å². The van der Waals surface area contributed by atoms with Crippen molar-refractivity contribution in [1.82, 2.24) is 10.3 Å². The largest absolute Gasteiger partial charge is 0.454 e. The third-order valence-corrected chi connectivity index (χ3v) is 9.37. The van der Waals surface area contributed by atoms with Crippen LogP contribution in [0, 0.1) is 23.2 Å². The van der Waals surface area contributed by atoms with Crippen LogP contribution in [0.2, 0.25) is 0 Å². The topological polar surface area (TPSA) is 89.6 Å². The molecule has 1 aliphatic heterocycles. The fourth-order valence-corrected chi connectivity index (χ4v) is 7.91. The van der Waals surface area contributed by atoms with Gasteiger partial charge in [0.05, 0.1) is 11.3 Å². The molecule has 4 bridgehead atoms. The molecule has 8 heteroatoms. The number of fused-ring (bicyclic) bond motifs is 1. The average molecular weight is 494 g/mol. The van der Waals surface area contributed by atoms with Gasteiger partial charge in [0.1, 0.15) is 5.03 Å². The van der Waals surface area contributed by atoms with Crippen molar-refractivity contribution in [3.05, 3.63) is 42.1 Å². The van der Waals surface area contributed by atoms with Crippen LogP contribution < -0.4 is 20.1 Å². The minimum Gasteiger partial charge on any atom is -0.454 e. The quantitative estimate of drug-likeness (QED) is 0.535. The molecule has 2 amide bonds. The molecule has 184 valence electrons. The Morgan fingerprint density at radius 2 is 1.80 bits per heavy atom. The second-order valence-corrected chi connectivity index (χ2v) is 11.7. The average Bonchev–Trinajstić information content (AvgIpc) is 3.30. The second kappa shape index (κ2) is 9.04. The van der Waals surface area contributed by atoms with E-state index < -0.39 is 0 Å². The van der Waals surface area contributed by atoms with Gasteiger partial charge in [0, 0.05) is 24.0 Å². The number of hydrogen-bond acceptors (Lipinski definition) is 6. The van der Waals surface area contributed by atoms with E-state index in [1.54, 1.807) is 36.5 Å². The van der Waals surface area contributed by atoms with E-state index in [-0.39, 0.29) is 35.8 Å². The summed E-state index contributed by atoms with van der Waals surface area (Å²) in [4.78, 5) is 30.3. The molecule has 4 aliphatic carbocycles. The molecular formula is C27H31N3O4S. The van der Waals surface area contributed by atoms with Crippen LogP contribution in [0.1, 0.15) is 55.8 Å². The van der Waals surface area contributed by atoms with Gasteiger partial charge in [-0.05, 0) is 92.9 Å². The van der Waals surface area contributed by atoms with Crippen molar-refractivity contribution in [1.29, 1.82) is 0 Å². The monoisotopic (exact) mass is 493 g/mol. The maximum Gasteiger partial charge on any atom is 0.254 e. The fourth-order valence-electron chi connectivity index (χ4n) is 7.12. The lowest BCUT2D eigenvalue weighted by Gasteiger charge is -2.59. The first-order valence-corrected chi connectivity index (χ1v) is 13.5. The van der Waals surface area contributed by atoms with Gasteiger partial charge in [0.2, 0.25) is 12.7 Å². The highest BCUT2D eigenvalue weighted by molar-refractivity contribution is 8.00. The van der Waals surface area contributed by atoms with Crippen molar-refractivity contribution in [2.24, 2.45) is 23.2 Å². The predicted octanol–water partition coefficient (Wildman–Crippen LogP) is 4.88. The number of carbonyl (C=O) groups is 2. The number of ether oxygens (including phenoxy) is 2. The Balaban J connectivity index is 1.08. The molecule has 1 aromatic heterocycles. The van der Waals surface area contributed by atoms with Gasteiger partial charge >= 0.3 is 0 Å². The van der Waals surface area contributed by atoms with Crippen LogP contribution in [-0.2, 0) is 4.79 Å². The Morgan fingerprint density at radius 1 is 1.09 bits per heavy atom. The molecule has 35 heavy (non-hydrogen) atoms. The molecule has 4 saturated carbocycles. The van der Waals surface area contributed by atoms with Crippen LogP contribution in [0.4, 0.5) is 5.69 Å². The SMILES string of the molecule is CC(NC(=O)c1cccnc1SCC(=O)Nc1ccc2c(c1)OCO2)C12CC3CC(CC(C3)C1)C2. The molecule has 0 radical (unpaired) electrons. The lowest BCUT2D eigenvalue weighted by molar-refractivity contribution is -0.113. The number of nitrogens with one attached hydrogen (secondary N) is 2. The van der Waals surface area contributed by atoms with Crippen molar-refractivity contribution in [2.75, 3.05) is 17.9 Å². The lowest BCUT2D eigenvalue weighted by atomic mass is 9.48. The lowest BCUT2D eigenvalue weighted by Crippen LogP contribution is -2.55. The van der Waals surface area contributed by atoms with Gasteiger partial charge in [-0.25, -0.2) is 4.98 Å². The van der Waals surface area contributed by atoms with E-state index in [1.807, 2.05) is 0 Å². The molecular weight excluding hydrogens is 462 g/mol. The fraction of sp³-hybridized carbons (Fsp3) is 0.519. The molecule has 5 aliphatic rings. The van der Waals surface area contributed by atoms with Crippen LogP contribution in [0.25, 0.3) is 0 Å². The summed E-state index contributed by atoms with van der Waals surface area (Å²) in [5.41, 5.74) is 1.41. The molecule has 1 aromatic carbocycles. The van der Waals surface area contributed by atoms with Crippen LogP contribution >= 0.6 is 11.8 Å². The van der Waals surface area contributed by atoms with Gasteiger partial charge in [-0.1, -0.05) is 11.8 Å². The smallest absolute Gasteiger partial charge is 0.254 e. The summed E-state index contributed by atoms with van der Waals surface area (Å²) < 4.78 is 10.7. The number of amides is 2. The highest BCUT2D eigenvalue weighted by Crippen LogP contribution is 2.61. The Labute approximate surface area is 209 Å². The van der Waals surface area contributed by atoms with Crippen molar-refractivity contribution in [3.8, 4) is 11.5 Å². The van der Waals surface area contributed by atoms with E-state index in [2.05, 4.69) is 22.5 Å². The first-order chi connectivity index (χ1) is 17.0. The molecule has 1 atom stereocenters. The maximum absolute atomic E-state index is 13.3. The van der Waals surface area contributed by atoms with Gasteiger partial charge in [-0.3, -0.25) is 9.59 Å². The van der Waals surface area contributed by atoms with Gasteiger partial charge in [-0.2, -0.15) is 0 Å². The number of thioether (sulfide) groups is 1. The van der Waals surface area contributed by atoms with Crippen LogP contribution in [0.3, 0.4) is 0 Å². The molecule has 2 N–H and O–H groups in total. The third-order valence-electron chi connectivity index (χ3n) is 8.36. The summed E-state index contributed by atoms with van der Waals surface area (Å²) in [6.45, 7) is 2.38. The highest BCUT2D eigenvalue weighted by atomic mass is 32.2. The highest BCUT2D eigenvalue weighted by Gasteiger charge is 2.53. The molecule has 0 spiro atoms. The van der Waals surface area contributed by atoms with Crippen molar-refractivity contribution < 1.29 is 19.1 Å². The molecule has 2 heterocycles. The predicted molar refractivity (Wildman–Crippen MR) is 134 cm³/mol. The van der Waals surface area contributed by atoms with Crippen molar-refractivity contribution >= 4 is 29.3 Å². The van der Waals surface area contributed by atoms with E-state index in [0.29, 0.717) is 27.8 Å². The van der Waals surface area contributed by atoms with Gasteiger partial charge in [-0.15, -0.1) is 0 Å². The Bertz CT molecular complexity index is 1120. The number of pyridine rings is 1.